The van der Waals surface area contributed by atoms with Crippen molar-refractivity contribution in [1.29, 1.82) is 0 Å². The summed E-state index contributed by atoms with van der Waals surface area (Å²) in [4.78, 5) is 16.0. The molecule has 6 heteroatoms. The summed E-state index contributed by atoms with van der Waals surface area (Å²) >= 11 is 1.23. The average Bonchev–Trinajstić information content (AvgIpc) is 2.48. The van der Waals surface area contributed by atoms with Crippen LogP contribution in [-0.4, -0.2) is 24.6 Å². The van der Waals surface area contributed by atoms with Gasteiger partial charge in [-0.1, -0.05) is 11.3 Å². The van der Waals surface area contributed by atoms with Crippen LogP contribution < -0.4 is 10.9 Å². The van der Waals surface area contributed by atoms with Gasteiger partial charge in [0.1, 0.15) is 4.88 Å². The summed E-state index contributed by atoms with van der Waals surface area (Å²) in [5.41, 5.74) is 0.653. The van der Waals surface area contributed by atoms with Gasteiger partial charge in [-0.3, -0.25) is 5.01 Å². The number of carbonyl (C=O) groups excluding carboxylic acids is 1. The van der Waals surface area contributed by atoms with Crippen molar-refractivity contribution in [2.75, 3.05) is 18.7 Å². The fourth-order valence-electron chi connectivity index (χ4n) is 0.919. The van der Waals surface area contributed by atoms with Gasteiger partial charge in [0.15, 0.2) is 5.13 Å². The molecule has 0 aliphatic carbocycles. The molecule has 1 heterocycles. The Labute approximate surface area is 86.5 Å². The number of hydrazine groups is 1. The summed E-state index contributed by atoms with van der Waals surface area (Å²) in [6, 6.07) is 0. The first-order valence-electron chi connectivity index (χ1n) is 4.19. The molecule has 14 heavy (non-hydrogen) atoms. The van der Waals surface area contributed by atoms with Crippen LogP contribution in [0.2, 0.25) is 0 Å². The Morgan fingerprint density at radius 2 is 2.36 bits per heavy atom. The lowest BCUT2D eigenvalue weighted by atomic mass is 10.4. The number of hydrogen-bond donors (Lipinski definition) is 1. The summed E-state index contributed by atoms with van der Waals surface area (Å²) in [7, 11) is 1.67. The van der Waals surface area contributed by atoms with E-state index in [0.29, 0.717) is 22.3 Å². The molecule has 1 rings (SSSR count). The number of esters is 1. The lowest BCUT2D eigenvalue weighted by Gasteiger charge is -2.04. The zero-order valence-electron chi connectivity index (χ0n) is 8.40. The number of ether oxygens (including phenoxy) is 1. The minimum Gasteiger partial charge on any atom is -0.462 e. The first-order chi connectivity index (χ1) is 6.56. The van der Waals surface area contributed by atoms with Crippen LogP contribution in [-0.2, 0) is 4.74 Å². The van der Waals surface area contributed by atoms with Crippen molar-refractivity contribution >= 4 is 22.4 Å². The smallest absolute Gasteiger partial charge is 0.350 e. The molecular weight excluding hydrogens is 202 g/mol. The Morgan fingerprint density at radius 3 is 2.79 bits per heavy atom. The number of carbonyl (C=O) groups is 1. The second kappa shape index (κ2) is 4.39. The molecule has 1 aromatic heterocycles. The van der Waals surface area contributed by atoms with Crippen LogP contribution in [0.3, 0.4) is 0 Å². The predicted molar refractivity (Wildman–Crippen MR) is 55.4 cm³/mol. The van der Waals surface area contributed by atoms with E-state index < -0.39 is 0 Å². The lowest BCUT2D eigenvalue weighted by molar-refractivity contribution is 0.0531. The molecule has 5 nitrogen and oxygen atoms in total. The maximum atomic E-state index is 11.4. The van der Waals surface area contributed by atoms with Crippen LogP contribution in [0.5, 0.6) is 0 Å². The Morgan fingerprint density at radius 1 is 1.71 bits per heavy atom. The molecule has 1 aromatic rings. The second-order valence-corrected chi connectivity index (χ2v) is 3.72. The third kappa shape index (κ3) is 2.21. The third-order valence-corrected chi connectivity index (χ3v) is 2.78. The van der Waals surface area contributed by atoms with E-state index in [1.807, 2.05) is 0 Å². The number of aryl methyl sites for hydroxylation is 1. The highest BCUT2D eigenvalue weighted by molar-refractivity contribution is 7.17. The van der Waals surface area contributed by atoms with Crippen molar-refractivity contribution in [3.05, 3.63) is 10.6 Å². The van der Waals surface area contributed by atoms with Gasteiger partial charge in [-0.15, -0.1) is 0 Å². The SMILES string of the molecule is CCOC(=O)c1sc(N(C)N)nc1C. The van der Waals surface area contributed by atoms with E-state index in [-0.39, 0.29) is 5.97 Å². The summed E-state index contributed by atoms with van der Waals surface area (Å²) in [5, 5.41) is 1.98. The Balaban J connectivity index is 2.92. The van der Waals surface area contributed by atoms with E-state index in [9.17, 15) is 4.79 Å². The van der Waals surface area contributed by atoms with Gasteiger partial charge >= 0.3 is 5.97 Å². The van der Waals surface area contributed by atoms with Crippen molar-refractivity contribution in [1.82, 2.24) is 4.98 Å². The molecule has 0 fully saturated rings. The second-order valence-electron chi connectivity index (χ2n) is 2.74. The monoisotopic (exact) mass is 215 g/mol. The quantitative estimate of drug-likeness (QED) is 0.461. The van der Waals surface area contributed by atoms with Crippen LogP contribution in [0, 0.1) is 6.92 Å². The van der Waals surface area contributed by atoms with E-state index in [1.165, 1.54) is 16.3 Å². The highest BCUT2D eigenvalue weighted by Gasteiger charge is 2.16. The third-order valence-electron chi connectivity index (χ3n) is 1.55. The van der Waals surface area contributed by atoms with Crippen molar-refractivity contribution < 1.29 is 9.53 Å². The minimum atomic E-state index is -0.337. The van der Waals surface area contributed by atoms with Gasteiger partial charge in [0, 0.05) is 7.05 Å². The first-order valence-corrected chi connectivity index (χ1v) is 5.01. The molecule has 0 saturated carbocycles. The number of nitrogens with two attached hydrogens (primary N) is 1. The van der Waals surface area contributed by atoms with Gasteiger partial charge in [-0.05, 0) is 13.8 Å². The zero-order valence-corrected chi connectivity index (χ0v) is 9.22. The van der Waals surface area contributed by atoms with Crippen molar-refractivity contribution in [2.45, 2.75) is 13.8 Å². The average molecular weight is 215 g/mol. The number of anilines is 1. The largest absolute Gasteiger partial charge is 0.462 e. The molecule has 0 atom stereocenters. The fraction of sp³-hybridized carbons (Fsp3) is 0.500. The molecular formula is C8H13N3O2S. The Hall–Kier alpha value is -1.14. The van der Waals surface area contributed by atoms with Gasteiger partial charge in [0.2, 0.25) is 0 Å². The maximum absolute atomic E-state index is 11.4. The normalized spacial score (nSPS) is 10.0. The molecule has 78 valence electrons. The van der Waals surface area contributed by atoms with Crippen LogP contribution >= 0.6 is 11.3 Å². The van der Waals surface area contributed by atoms with E-state index in [4.69, 9.17) is 10.6 Å². The van der Waals surface area contributed by atoms with E-state index in [1.54, 1.807) is 20.9 Å². The van der Waals surface area contributed by atoms with Gasteiger partial charge in [-0.25, -0.2) is 15.6 Å². The number of rotatable bonds is 3. The molecule has 2 N–H and O–H groups in total. The molecule has 0 bridgehead atoms. The van der Waals surface area contributed by atoms with Gasteiger partial charge in [0.05, 0.1) is 12.3 Å². The lowest BCUT2D eigenvalue weighted by Crippen LogP contribution is -2.24. The number of aromatic nitrogens is 1. The standard InChI is InChI=1S/C8H13N3O2S/c1-4-13-7(12)6-5(2)10-8(14-6)11(3)9/h4,9H2,1-3H3. The topological polar surface area (TPSA) is 68.5 Å². The van der Waals surface area contributed by atoms with Crippen molar-refractivity contribution in [2.24, 2.45) is 5.84 Å². The molecule has 0 saturated heterocycles. The molecule has 0 aliphatic rings. The summed E-state index contributed by atoms with van der Waals surface area (Å²) in [5.74, 6) is 5.16. The highest BCUT2D eigenvalue weighted by Crippen LogP contribution is 2.24. The first kappa shape index (κ1) is 10.9. The number of nitrogens with zero attached hydrogens (tertiary/aromatic N) is 2. The molecule has 0 spiro atoms. The van der Waals surface area contributed by atoms with Gasteiger partial charge < -0.3 is 4.74 Å². The molecule has 0 aromatic carbocycles. The number of hydrogen-bond acceptors (Lipinski definition) is 6. The van der Waals surface area contributed by atoms with E-state index in [2.05, 4.69) is 4.98 Å². The molecule has 0 radical (unpaired) electrons. The molecule has 0 aliphatic heterocycles. The summed E-state index contributed by atoms with van der Waals surface area (Å²) < 4.78 is 4.87. The van der Waals surface area contributed by atoms with Crippen LogP contribution in [0.1, 0.15) is 22.3 Å². The predicted octanol–water partition coefficient (Wildman–Crippen LogP) is 0.938. The number of thiazole rings is 1. The van der Waals surface area contributed by atoms with Crippen LogP contribution in [0.25, 0.3) is 0 Å². The van der Waals surface area contributed by atoms with Gasteiger partial charge in [-0.2, -0.15) is 0 Å². The van der Waals surface area contributed by atoms with Crippen molar-refractivity contribution in [3.8, 4) is 0 Å². The minimum absolute atomic E-state index is 0.337. The molecule has 0 amide bonds. The van der Waals surface area contributed by atoms with Crippen LogP contribution in [0.4, 0.5) is 5.13 Å². The fourth-order valence-corrected chi connectivity index (χ4v) is 1.76. The van der Waals surface area contributed by atoms with Crippen molar-refractivity contribution in [3.63, 3.8) is 0 Å². The van der Waals surface area contributed by atoms with Crippen LogP contribution in [0.15, 0.2) is 0 Å². The molecule has 0 unspecified atom stereocenters. The summed E-state index contributed by atoms with van der Waals surface area (Å²) in [6.45, 7) is 3.89. The van der Waals surface area contributed by atoms with E-state index >= 15 is 0 Å². The highest BCUT2D eigenvalue weighted by atomic mass is 32.1. The summed E-state index contributed by atoms with van der Waals surface area (Å²) in [6.07, 6.45) is 0. The maximum Gasteiger partial charge on any atom is 0.350 e. The Bertz CT molecular complexity index is 335. The van der Waals surface area contributed by atoms with Gasteiger partial charge in [0.25, 0.3) is 0 Å². The Kier molecular flexibility index (Phi) is 3.43. The van der Waals surface area contributed by atoms with E-state index in [0.717, 1.165) is 0 Å². The zero-order chi connectivity index (χ0) is 10.7.